The van der Waals surface area contributed by atoms with Gasteiger partial charge >= 0.3 is 0 Å². The van der Waals surface area contributed by atoms with Gasteiger partial charge in [-0.1, -0.05) is 297 Å². The van der Waals surface area contributed by atoms with Crippen LogP contribution < -0.4 is 0 Å². The van der Waals surface area contributed by atoms with Gasteiger partial charge in [0.15, 0.2) is 23.1 Å². The molecule has 0 saturated carbocycles. The smallest absolute Gasteiger partial charge is 0.190 e. The third-order valence-corrected chi connectivity index (χ3v) is 19.6. The number of halogens is 12. The summed E-state index contributed by atoms with van der Waals surface area (Å²) in [5.41, 5.74) is 13.0. The Kier molecular flexibility index (Phi) is 44.6. The van der Waals surface area contributed by atoms with Gasteiger partial charge in [-0.05, 0) is 205 Å². The zero-order valence-corrected chi connectivity index (χ0v) is 75.2. The van der Waals surface area contributed by atoms with Crippen LogP contribution in [0.25, 0.3) is 46.6 Å². The van der Waals surface area contributed by atoms with Crippen molar-refractivity contribution in [3.63, 3.8) is 0 Å². The summed E-state index contributed by atoms with van der Waals surface area (Å²) in [4.78, 5) is 61.2. The van der Waals surface area contributed by atoms with Crippen LogP contribution in [0.2, 0.25) is 20.1 Å². The van der Waals surface area contributed by atoms with E-state index in [2.05, 4.69) is 26.3 Å². The van der Waals surface area contributed by atoms with E-state index in [1.54, 1.807) is 140 Å². The first-order chi connectivity index (χ1) is 57.7. The minimum Gasteiger partial charge on any atom is -0.298 e. The highest BCUT2D eigenvalue weighted by Gasteiger charge is 2.24. The molecule has 0 N–H and O–H groups in total. The summed E-state index contributed by atoms with van der Waals surface area (Å²) in [5.74, 6) is -2.46. The number of allylic oxidation sites excluding steroid dienone is 4. The molecule has 0 bridgehead atoms. The van der Waals surface area contributed by atoms with Gasteiger partial charge in [-0.25, -0.2) is 17.6 Å². The molecule has 124 heavy (non-hydrogen) atoms. The Hall–Kier alpha value is -10.9. The normalized spacial score (nSPS) is 11.2. The molecule has 12 rings (SSSR count). The minimum absolute atomic E-state index is 0. The number of hydrogen-bond acceptors (Lipinski definition) is 8. The Bertz CT molecular complexity index is 5450. The van der Waals surface area contributed by atoms with Crippen molar-refractivity contribution in [3.05, 3.63) is 474 Å². The van der Waals surface area contributed by atoms with Crippen LogP contribution in [0.15, 0.2) is 364 Å². The highest BCUT2D eigenvalue weighted by atomic mass is 35.5. The average Bonchev–Trinajstić information content (AvgIpc) is 0.829. The Balaban J connectivity index is 0.000000290. The maximum atomic E-state index is 14.5. The lowest BCUT2D eigenvalue weighted by Gasteiger charge is -2.19. The van der Waals surface area contributed by atoms with Crippen molar-refractivity contribution in [2.75, 3.05) is 54.4 Å². The molecule has 0 amide bonds. The first-order valence-corrected chi connectivity index (χ1v) is 39.9. The number of rotatable bonds is 32. The van der Waals surface area contributed by atoms with Crippen molar-refractivity contribution in [2.24, 2.45) is 0 Å². The molecule has 0 saturated heterocycles. The molecule has 0 unspecified atom stereocenters. The molecule has 640 valence electrons. The van der Waals surface area contributed by atoms with Crippen molar-refractivity contribution in [2.45, 2.75) is 26.2 Å². The van der Waals surface area contributed by atoms with Gasteiger partial charge in [-0.3, -0.25) is 38.8 Å². The average molecular weight is 1830 g/mol. The van der Waals surface area contributed by atoms with Gasteiger partial charge in [0.1, 0.15) is 23.3 Å². The van der Waals surface area contributed by atoms with E-state index in [0.717, 1.165) is 44.5 Å². The van der Waals surface area contributed by atoms with Crippen molar-refractivity contribution in [1.29, 1.82) is 0 Å². The Morgan fingerprint density at radius 2 is 0.516 bits per heavy atom. The van der Waals surface area contributed by atoms with Crippen LogP contribution in [0.3, 0.4) is 0 Å². The van der Waals surface area contributed by atoms with Crippen LogP contribution in [0.1, 0.15) is 66.8 Å². The van der Waals surface area contributed by atoms with Crippen LogP contribution >= 0.6 is 96.0 Å². The van der Waals surface area contributed by atoms with E-state index in [1.807, 2.05) is 206 Å². The standard InChI is InChI=1S/4C26H23ClFNO.4ClH/c1-19(17-29(2)18-21-8-4-3-5-9-21)26(30)24(23-10-6-7-11-25(23)28)16-20-12-14-22(27)15-13-20;2*1-19(17-29(2)18-21-7-4-3-5-8-21)26(30)25(22-9-6-10-24(28)16-22)15-20-11-13-23(27)14-12-20;1-19(17-29(2)18-21-6-4-3-5-7-21)26(30)25(22-10-14-24(28)15-11-22)16-20-8-12-23(27)13-9-20;;;;/h4*3-16H,1,17-18H2,2H3;4*1H/b24-16+;25-15+;25-15-;25-16-;;;;. The zero-order chi connectivity index (χ0) is 86.0. The molecule has 0 aliphatic rings. The first-order valence-electron chi connectivity index (χ1n) is 38.4. The van der Waals surface area contributed by atoms with Crippen LogP contribution in [0.5, 0.6) is 0 Å². The van der Waals surface area contributed by atoms with E-state index in [9.17, 15) is 36.7 Å². The molecule has 0 aromatic heterocycles. The predicted octanol–water partition coefficient (Wildman–Crippen LogP) is 26.8. The monoisotopic (exact) mass is 1820 g/mol. The number of likely N-dealkylation sites (N-methyl/N-ethyl adjacent to an activating group) is 4. The number of nitrogens with zero attached hydrogens (tertiary/aromatic N) is 4. The number of hydrogen-bond donors (Lipinski definition) is 0. The van der Waals surface area contributed by atoms with Gasteiger partial charge in [-0.15, -0.1) is 49.6 Å². The van der Waals surface area contributed by atoms with Gasteiger partial charge in [0.2, 0.25) is 0 Å². The van der Waals surface area contributed by atoms with Crippen molar-refractivity contribution in [3.8, 4) is 0 Å². The van der Waals surface area contributed by atoms with E-state index in [0.29, 0.717) is 128 Å². The Labute approximate surface area is 770 Å². The molecular weight excluding hydrogens is 1730 g/mol. The fourth-order valence-electron chi connectivity index (χ4n) is 12.8. The second-order valence-corrected chi connectivity index (χ2v) is 30.6. The van der Waals surface area contributed by atoms with E-state index >= 15 is 0 Å². The van der Waals surface area contributed by atoms with Gasteiger partial charge < -0.3 is 0 Å². The number of benzene rings is 12. The van der Waals surface area contributed by atoms with Gasteiger partial charge in [-0.2, -0.15) is 0 Å². The Morgan fingerprint density at radius 1 is 0.274 bits per heavy atom. The van der Waals surface area contributed by atoms with Crippen molar-refractivity contribution >= 4 is 166 Å². The van der Waals surface area contributed by atoms with Crippen LogP contribution in [-0.2, 0) is 45.4 Å². The summed E-state index contributed by atoms with van der Waals surface area (Å²) < 4.78 is 55.6. The third-order valence-electron chi connectivity index (χ3n) is 18.6. The van der Waals surface area contributed by atoms with Gasteiger partial charge in [0, 0.05) is 123 Å². The molecule has 20 heteroatoms. The molecule has 8 nitrogen and oxygen atoms in total. The van der Waals surface area contributed by atoms with Crippen molar-refractivity contribution < 1.29 is 36.7 Å². The maximum Gasteiger partial charge on any atom is 0.190 e. The SMILES string of the molecule is C=C(CN(C)Cc1ccccc1)C(=O)/C(=C/c1ccc(Cl)cc1)c1cccc(F)c1.C=C(CN(C)Cc1ccccc1)C(=O)/C(=C/c1ccc(Cl)cc1)c1ccccc1F.C=C(CN(C)Cc1ccccc1)C(=O)/C(=C\c1ccc(Cl)cc1)c1ccc(F)cc1.C=C(CN(C)Cc1ccccc1)C(=O)/C(=C\c1ccc(Cl)cc1)c1cccc(F)c1.Cl.Cl.Cl.Cl. The van der Waals surface area contributed by atoms with Crippen molar-refractivity contribution in [1.82, 2.24) is 19.6 Å². The molecule has 0 atom stereocenters. The zero-order valence-electron chi connectivity index (χ0n) is 68.9. The van der Waals surface area contributed by atoms with Gasteiger partial charge in [0.25, 0.3) is 0 Å². The van der Waals surface area contributed by atoms with E-state index in [4.69, 9.17) is 46.4 Å². The molecule has 0 spiro atoms. The predicted molar refractivity (Wildman–Crippen MR) is 520 cm³/mol. The fourth-order valence-corrected chi connectivity index (χ4v) is 13.3. The molecule has 12 aromatic rings. The molecule has 0 heterocycles. The topological polar surface area (TPSA) is 81.2 Å². The summed E-state index contributed by atoms with van der Waals surface area (Å²) >= 11 is 23.9. The van der Waals surface area contributed by atoms with Gasteiger partial charge in [0.05, 0.1) is 0 Å². The second-order valence-electron chi connectivity index (χ2n) is 28.8. The van der Waals surface area contributed by atoms with E-state index < -0.39 is 17.5 Å². The molecular formula is C104H96Cl8F4N4O4. The number of carbonyl (C=O) groups is 4. The summed E-state index contributed by atoms with van der Waals surface area (Å²) in [7, 11) is 7.76. The highest BCUT2D eigenvalue weighted by molar-refractivity contribution is 6.35. The second kappa shape index (κ2) is 53.3. The highest BCUT2D eigenvalue weighted by Crippen LogP contribution is 2.31. The number of carbonyl (C=O) groups excluding carboxylic acids is 4. The molecule has 0 aliphatic heterocycles. The summed E-state index contributed by atoms with van der Waals surface area (Å²) in [5, 5.41) is 2.43. The maximum absolute atomic E-state index is 14.5. The first kappa shape index (κ1) is 104. The lowest BCUT2D eigenvalue weighted by molar-refractivity contribution is -0.111. The minimum atomic E-state index is -0.448. The Morgan fingerprint density at radius 3 is 0.782 bits per heavy atom. The third kappa shape index (κ3) is 34.3. The lowest BCUT2D eigenvalue weighted by atomic mass is 9.94. The van der Waals surface area contributed by atoms with Crippen LogP contribution in [-0.4, -0.2) is 97.1 Å². The largest absolute Gasteiger partial charge is 0.298 e. The summed E-state index contributed by atoms with van der Waals surface area (Å²) in [6.45, 7) is 20.4. The number of Topliss-reactive ketones (excluding diaryl/α,β-unsaturated/α-hetero) is 4. The van der Waals surface area contributed by atoms with Crippen LogP contribution in [0.4, 0.5) is 17.6 Å². The quantitative estimate of drug-likeness (QED) is 0.0234. The summed E-state index contributed by atoms with van der Waals surface area (Å²) in [6.07, 6.45) is 6.96. The molecule has 0 fully saturated rings. The van der Waals surface area contributed by atoms with E-state index in [1.165, 1.54) is 42.5 Å². The van der Waals surface area contributed by atoms with E-state index in [-0.39, 0.29) is 89.7 Å². The lowest BCUT2D eigenvalue weighted by Crippen LogP contribution is -2.24. The molecule has 12 aromatic carbocycles. The molecule has 0 radical (unpaired) electrons. The molecule has 0 aliphatic carbocycles. The number of ketones is 4. The fraction of sp³-hybridized carbons (Fsp3) is 0.115. The van der Waals surface area contributed by atoms with Crippen LogP contribution in [0, 0.1) is 23.3 Å². The summed E-state index contributed by atoms with van der Waals surface area (Å²) in [6, 6.07) is 92.9.